The van der Waals surface area contributed by atoms with E-state index in [4.69, 9.17) is 5.73 Å². The zero-order valence-electron chi connectivity index (χ0n) is 7.21. The third-order valence-corrected chi connectivity index (χ3v) is 2.66. The van der Waals surface area contributed by atoms with Gasteiger partial charge in [-0.05, 0) is 28.4 Å². The van der Waals surface area contributed by atoms with Crippen molar-refractivity contribution in [3.8, 4) is 0 Å². The van der Waals surface area contributed by atoms with Gasteiger partial charge in [-0.3, -0.25) is 5.10 Å². The Morgan fingerprint density at radius 2 is 2.31 bits per heavy atom. The number of H-pyrrole nitrogens is 1. The summed E-state index contributed by atoms with van der Waals surface area (Å²) in [5.74, 6) is 0. The van der Waals surface area contributed by atoms with Crippen LogP contribution in [-0.4, -0.2) is 10.2 Å². The van der Waals surface area contributed by atoms with Crippen molar-refractivity contribution < 1.29 is 0 Å². The van der Waals surface area contributed by atoms with Gasteiger partial charge in [-0.15, -0.1) is 0 Å². The Hall–Kier alpha value is -0.870. The standard InChI is InChI=1S/C9H10BrN3/c1-5(11)6-3-2-4-7-8(6)12-13-9(7)10/h2-5H,11H2,1H3,(H,12,13). The molecule has 0 aliphatic rings. The Balaban J connectivity index is 2.77. The van der Waals surface area contributed by atoms with Crippen LogP contribution in [0.15, 0.2) is 22.8 Å². The second kappa shape index (κ2) is 3.12. The quantitative estimate of drug-likeness (QED) is 0.803. The smallest absolute Gasteiger partial charge is 0.108 e. The van der Waals surface area contributed by atoms with Gasteiger partial charge >= 0.3 is 0 Å². The molecule has 0 saturated heterocycles. The summed E-state index contributed by atoms with van der Waals surface area (Å²) in [6.07, 6.45) is 0. The fraction of sp³-hybridized carbons (Fsp3) is 0.222. The van der Waals surface area contributed by atoms with Crippen LogP contribution in [0.2, 0.25) is 0 Å². The van der Waals surface area contributed by atoms with Gasteiger partial charge in [0.05, 0.1) is 5.52 Å². The monoisotopic (exact) mass is 239 g/mol. The van der Waals surface area contributed by atoms with E-state index in [1.54, 1.807) is 0 Å². The molecule has 0 amide bonds. The van der Waals surface area contributed by atoms with E-state index in [0.717, 1.165) is 21.1 Å². The van der Waals surface area contributed by atoms with Crippen molar-refractivity contribution in [1.29, 1.82) is 0 Å². The Morgan fingerprint density at radius 3 is 3.00 bits per heavy atom. The first kappa shape index (κ1) is 8.72. The number of aromatic nitrogens is 2. The number of halogens is 1. The molecule has 4 heteroatoms. The van der Waals surface area contributed by atoms with Gasteiger partial charge in [0.1, 0.15) is 4.60 Å². The third kappa shape index (κ3) is 1.36. The Bertz CT molecular complexity index is 433. The number of nitrogens with one attached hydrogen (secondary N) is 1. The summed E-state index contributed by atoms with van der Waals surface area (Å²) >= 11 is 3.39. The fourth-order valence-corrected chi connectivity index (χ4v) is 1.80. The molecule has 1 unspecified atom stereocenters. The van der Waals surface area contributed by atoms with E-state index in [1.807, 2.05) is 25.1 Å². The van der Waals surface area contributed by atoms with Gasteiger partial charge in [0.2, 0.25) is 0 Å². The number of nitrogens with zero attached hydrogens (tertiary/aromatic N) is 1. The second-order valence-electron chi connectivity index (χ2n) is 3.07. The normalized spacial score (nSPS) is 13.5. The fourth-order valence-electron chi connectivity index (χ4n) is 1.40. The number of nitrogens with two attached hydrogens (primary N) is 1. The summed E-state index contributed by atoms with van der Waals surface area (Å²) in [6, 6.07) is 6.01. The van der Waals surface area contributed by atoms with E-state index in [-0.39, 0.29) is 6.04 Å². The van der Waals surface area contributed by atoms with Crippen LogP contribution in [-0.2, 0) is 0 Å². The van der Waals surface area contributed by atoms with Crippen LogP contribution < -0.4 is 5.73 Å². The molecule has 0 aliphatic heterocycles. The molecular weight excluding hydrogens is 230 g/mol. The van der Waals surface area contributed by atoms with Crippen molar-refractivity contribution in [2.24, 2.45) is 5.73 Å². The molecule has 0 radical (unpaired) electrons. The molecule has 1 heterocycles. The average Bonchev–Trinajstić information content (AvgIpc) is 2.48. The molecular formula is C9H10BrN3. The lowest BCUT2D eigenvalue weighted by atomic mass is 10.1. The summed E-state index contributed by atoms with van der Waals surface area (Å²) < 4.78 is 0.907. The Kier molecular flexibility index (Phi) is 2.09. The molecule has 0 bridgehead atoms. The lowest BCUT2D eigenvalue weighted by Crippen LogP contribution is -2.05. The first-order valence-corrected chi connectivity index (χ1v) is 4.87. The largest absolute Gasteiger partial charge is 0.324 e. The van der Waals surface area contributed by atoms with Crippen LogP contribution in [0.5, 0.6) is 0 Å². The Morgan fingerprint density at radius 1 is 1.54 bits per heavy atom. The molecule has 3 N–H and O–H groups in total. The summed E-state index contributed by atoms with van der Waals surface area (Å²) in [5, 5.41) is 8.15. The third-order valence-electron chi connectivity index (χ3n) is 2.06. The topological polar surface area (TPSA) is 54.7 Å². The van der Waals surface area contributed by atoms with Crippen molar-refractivity contribution in [2.45, 2.75) is 13.0 Å². The molecule has 1 aromatic carbocycles. The number of aromatic amines is 1. The number of fused-ring (bicyclic) bond motifs is 1. The van der Waals surface area contributed by atoms with Gasteiger partial charge in [0.15, 0.2) is 0 Å². The van der Waals surface area contributed by atoms with Crippen LogP contribution in [0.4, 0.5) is 0 Å². The van der Waals surface area contributed by atoms with Crippen molar-refractivity contribution in [1.82, 2.24) is 10.2 Å². The van der Waals surface area contributed by atoms with E-state index in [9.17, 15) is 0 Å². The van der Waals surface area contributed by atoms with Crippen LogP contribution in [0.3, 0.4) is 0 Å². The molecule has 0 aliphatic carbocycles. The molecule has 3 nitrogen and oxygen atoms in total. The zero-order valence-corrected chi connectivity index (χ0v) is 8.80. The lowest BCUT2D eigenvalue weighted by Gasteiger charge is -2.04. The number of benzene rings is 1. The molecule has 1 aromatic heterocycles. The molecule has 0 saturated carbocycles. The molecule has 2 rings (SSSR count). The molecule has 2 aromatic rings. The van der Waals surface area contributed by atoms with Crippen LogP contribution in [0.1, 0.15) is 18.5 Å². The summed E-state index contributed by atoms with van der Waals surface area (Å²) in [4.78, 5) is 0. The highest BCUT2D eigenvalue weighted by Gasteiger charge is 2.09. The van der Waals surface area contributed by atoms with Crippen molar-refractivity contribution in [3.63, 3.8) is 0 Å². The second-order valence-corrected chi connectivity index (χ2v) is 3.86. The van der Waals surface area contributed by atoms with E-state index >= 15 is 0 Å². The predicted octanol–water partition coefficient (Wildman–Crippen LogP) is 2.35. The average molecular weight is 240 g/mol. The van der Waals surface area contributed by atoms with Gasteiger partial charge < -0.3 is 5.73 Å². The van der Waals surface area contributed by atoms with E-state index < -0.39 is 0 Å². The van der Waals surface area contributed by atoms with Crippen molar-refractivity contribution in [3.05, 3.63) is 28.4 Å². The SMILES string of the molecule is CC(N)c1cccc2c(Br)[nH]nc12. The van der Waals surface area contributed by atoms with Crippen LogP contribution >= 0.6 is 15.9 Å². The summed E-state index contributed by atoms with van der Waals surface area (Å²) in [6.45, 7) is 1.96. The molecule has 68 valence electrons. The highest BCUT2D eigenvalue weighted by atomic mass is 79.9. The predicted molar refractivity (Wildman–Crippen MR) is 56.4 cm³/mol. The molecule has 13 heavy (non-hydrogen) atoms. The van der Waals surface area contributed by atoms with Crippen molar-refractivity contribution in [2.75, 3.05) is 0 Å². The van der Waals surface area contributed by atoms with Crippen LogP contribution in [0.25, 0.3) is 10.9 Å². The molecule has 1 atom stereocenters. The number of hydrogen-bond acceptors (Lipinski definition) is 2. The van der Waals surface area contributed by atoms with E-state index in [2.05, 4.69) is 26.1 Å². The zero-order chi connectivity index (χ0) is 9.42. The minimum absolute atomic E-state index is 0.0129. The number of hydrogen-bond donors (Lipinski definition) is 2. The van der Waals surface area contributed by atoms with Crippen molar-refractivity contribution >= 4 is 26.8 Å². The van der Waals surface area contributed by atoms with Gasteiger partial charge in [-0.2, -0.15) is 5.10 Å². The highest BCUT2D eigenvalue weighted by molar-refractivity contribution is 9.10. The minimum atomic E-state index is 0.0129. The maximum Gasteiger partial charge on any atom is 0.108 e. The van der Waals surface area contributed by atoms with Crippen LogP contribution in [0, 0.1) is 0 Å². The van der Waals surface area contributed by atoms with Gasteiger partial charge in [-0.1, -0.05) is 18.2 Å². The minimum Gasteiger partial charge on any atom is -0.324 e. The number of rotatable bonds is 1. The maximum atomic E-state index is 5.82. The molecule has 0 fully saturated rings. The summed E-state index contributed by atoms with van der Waals surface area (Å²) in [7, 11) is 0. The molecule has 0 spiro atoms. The maximum absolute atomic E-state index is 5.82. The highest BCUT2D eigenvalue weighted by Crippen LogP contribution is 2.25. The Labute approximate surface area is 84.4 Å². The van der Waals surface area contributed by atoms with Gasteiger partial charge in [0.25, 0.3) is 0 Å². The van der Waals surface area contributed by atoms with E-state index in [1.165, 1.54) is 0 Å². The van der Waals surface area contributed by atoms with Gasteiger partial charge in [-0.25, -0.2) is 0 Å². The first-order chi connectivity index (χ1) is 6.20. The first-order valence-electron chi connectivity index (χ1n) is 4.08. The van der Waals surface area contributed by atoms with E-state index in [0.29, 0.717) is 0 Å². The summed E-state index contributed by atoms with van der Waals surface area (Å²) in [5.41, 5.74) is 7.84. The lowest BCUT2D eigenvalue weighted by molar-refractivity contribution is 0.823. The van der Waals surface area contributed by atoms with Gasteiger partial charge in [0, 0.05) is 11.4 Å². The number of para-hydroxylation sites is 1.